The summed E-state index contributed by atoms with van der Waals surface area (Å²) in [5.74, 6) is -0.372. The molecule has 119 heavy (non-hydrogen) atoms. The molecule has 4 aliphatic heterocycles. The van der Waals surface area contributed by atoms with Crippen LogP contribution in [0.2, 0.25) is 0 Å². The van der Waals surface area contributed by atoms with E-state index in [4.69, 9.17) is 28.9 Å². The van der Waals surface area contributed by atoms with Gasteiger partial charge < -0.3 is 55.5 Å². The van der Waals surface area contributed by atoms with Crippen LogP contribution in [0.25, 0.3) is 49.9 Å². The van der Waals surface area contributed by atoms with Crippen LogP contribution in [0.4, 0.5) is 57.4 Å². The van der Waals surface area contributed by atoms with Crippen LogP contribution in [0.3, 0.4) is 0 Å². The topological polar surface area (TPSA) is 301 Å². The average Bonchev–Trinajstić information content (AvgIpc) is 1.66. The number of hydrogen-bond acceptors (Lipinski definition) is 21. The number of anilines is 3. The summed E-state index contributed by atoms with van der Waals surface area (Å²) in [6.07, 6.45) is 2.91. The molecule has 0 saturated carbocycles. The van der Waals surface area contributed by atoms with E-state index in [-0.39, 0.29) is 117 Å². The van der Waals surface area contributed by atoms with Crippen LogP contribution >= 0.6 is 0 Å². The van der Waals surface area contributed by atoms with Crippen LogP contribution in [0.5, 0.6) is 17.2 Å². The number of carboxylic acids is 1. The van der Waals surface area contributed by atoms with Gasteiger partial charge in [-0.1, -0.05) is 67.2 Å². The van der Waals surface area contributed by atoms with E-state index < -0.39 is 56.8 Å². The van der Waals surface area contributed by atoms with Gasteiger partial charge in [0.15, 0.2) is 17.1 Å². The van der Waals surface area contributed by atoms with Crippen LogP contribution in [0.15, 0.2) is 110 Å². The van der Waals surface area contributed by atoms with Gasteiger partial charge in [0.25, 0.3) is 25.2 Å². The number of esters is 1. The number of amides is 1. The number of nitrogens with zero attached hydrogens (tertiary/aromatic N) is 13. The standard InChI is InChI=1S/C29H31F3N6O3.C27H27F3N6O3.C27H25F3N6O2.CH4/c1-4-40-28(39)26-27-20(17-5-7-22(16(2)3)37-23(17)13-33-14-25(31)32)12-35-29(38(27)15-36-26)34-11-19-18-9-10-41-24(18)8-6-21(19)30;1-14(2)20-5-3-15(21(35-20)11-31-12-23(29)30)18-10-33-27(36-13-34-24(25(18)36)26(37)38)32-9-17-16-7-8-39-22(16)6-4-19(17)28;1-14(2)20-5-3-15-18-10-32-27(31-9-17-16-7-8-38-22(16)6-4-19(17)28)36-13-33-24(25(18)36)26(37)35(12-23(29)30)11-21(15)34-20;/h5-8,12,15-16,25,33H,4,9-11,13-14H2,1-3H3,(H,34,35);3-6,10,13-14,23,31H,7-9,11-12H2,1-2H3,(H,32,33)(H,37,38);3-6,10,13-14,23H,7-9,11-12H2,1-2H3,(H,31,32);1H4. The highest BCUT2D eigenvalue weighted by molar-refractivity contribution is 6.05. The third-order valence-corrected chi connectivity index (χ3v) is 20.5. The van der Waals surface area contributed by atoms with Crippen molar-refractivity contribution >= 4 is 52.2 Å². The Balaban J connectivity index is 0.000000154. The predicted octanol–water partition coefficient (Wildman–Crippen LogP) is 15.2. The lowest BCUT2D eigenvalue weighted by atomic mass is 9.99. The van der Waals surface area contributed by atoms with Crippen molar-refractivity contribution in [3.63, 3.8) is 0 Å². The van der Waals surface area contributed by atoms with Crippen LogP contribution in [0, 0.1) is 17.5 Å². The van der Waals surface area contributed by atoms with Crippen molar-refractivity contribution in [2.24, 2.45) is 0 Å². The molecule has 26 nitrogen and oxygen atoms in total. The number of aromatic carboxylic acids is 1. The van der Waals surface area contributed by atoms with Crippen molar-refractivity contribution < 1.29 is 78.0 Å². The van der Waals surface area contributed by atoms with Crippen molar-refractivity contribution in [2.45, 2.75) is 151 Å². The van der Waals surface area contributed by atoms with Crippen molar-refractivity contribution in [3.8, 4) is 50.6 Å². The lowest BCUT2D eigenvalue weighted by Gasteiger charge is -2.26. The van der Waals surface area contributed by atoms with Crippen molar-refractivity contribution in [2.75, 3.05) is 62.0 Å². The molecule has 0 fully saturated rings. The number of rotatable bonds is 27. The van der Waals surface area contributed by atoms with Gasteiger partial charge in [-0.25, -0.2) is 79.0 Å². The fourth-order valence-corrected chi connectivity index (χ4v) is 14.7. The molecule has 1 amide bonds. The number of aromatic nitrogens is 12. The Kier molecular flexibility index (Phi) is 25.9. The number of carbonyl (C=O) groups excluding carboxylic acids is 2. The molecule has 9 aromatic heterocycles. The summed E-state index contributed by atoms with van der Waals surface area (Å²) < 4.78 is 149. The fraction of sp³-hybridized carbons (Fsp3) is 0.357. The number of halogens is 9. The Labute approximate surface area is 677 Å². The molecule has 12 aromatic rings. The third-order valence-electron chi connectivity index (χ3n) is 20.5. The lowest BCUT2D eigenvalue weighted by Crippen LogP contribution is -2.36. The Bertz CT molecular complexity index is 5780. The molecular weight excluding hydrogens is 1560 g/mol. The minimum absolute atomic E-state index is 0. The predicted molar refractivity (Wildman–Crippen MR) is 426 cm³/mol. The summed E-state index contributed by atoms with van der Waals surface area (Å²) in [7, 11) is 0. The molecule has 0 spiro atoms. The number of ether oxygens (including phenoxy) is 4. The molecule has 0 radical (unpaired) electrons. The van der Waals surface area contributed by atoms with Gasteiger partial charge in [-0.15, -0.1) is 0 Å². The normalized spacial score (nSPS) is 13.2. The Morgan fingerprint density at radius 2 is 0.882 bits per heavy atom. The van der Waals surface area contributed by atoms with Gasteiger partial charge >= 0.3 is 11.9 Å². The number of hydrogen-bond donors (Lipinski definition) is 6. The molecule has 13 heterocycles. The van der Waals surface area contributed by atoms with E-state index in [2.05, 4.69) is 61.5 Å². The first-order valence-corrected chi connectivity index (χ1v) is 38.4. The van der Waals surface area contributed by atoms with E-state index in [0.29, 0.717) is 146 Å². The van der Waals surface area contributed by atoms with E-state index in [1.54, 1.807) is 52.4 Å². The number of benzene rings is 3. The minimum Gasteiger partial charge on any atom is -0.493 e. The molecule has 624 valence electrons. The van der Waals surface area contributed by atoms with Crippen molar-refractivity contribution in [3.05, 3.63) is 212 Å². The largest absolute Gasteiger partial charge is 0.493 e. The highest BCUT2D eigenvalue weighted by Crippen LogP contribution is 2.40. The first-order chi connectivity index (χ1) is 56.8. The molecular formula is C84H87F9N18O8. The molecule has 4 aliphatic rings. The number of carboxylic acid groups (broad SMARTS) is 1. The zero-order valence-electron chi connectivity index (χ0n) is 65.2. The summed E-state index contributed by atoms with van der Waals surface area (Å²) in [6, 6.07) is 20.0. The van der Waals surface area contributed by atoms with E-state index in [1.807, 2.05) is 71.9 Å². The molecule has 0 atom stereocenters. The van der Waals surface area contributed by atoms with E-state index in [1.165, 1.54) is 47.8 Å². The number of carbonyl (C=O) groups is 3. The maximum Gasteiger partial charge on any atom is 0.359 e. The number of imidazole rings is 3. The number of pyridine rings is 3. The number of alkyl halides is 6. The van der Waals surface area contributed by atoms with Gasteiger partial charge in [-0.2, -0.15) is 0 Å². The van der Waals surface area contributed by atoms with Gasteiger partial charge in [-0.3, -0.25) is 32.9 Å². The summed E-state index contributed by atoms with van der Waals surface area (Å²) in [4.78, 5) is 80.1. The van der Waals surface area contributed by atoms with E-state index >= 15 is 0 Å². The summed E-state index contributed by atoms with van der Waals surface area (Å²) in [5.41, 5.74) is 12.1. The van der Waals surface area contributed by atoms with Crippen molar-refractivity contribution in [1.82, 2.24) is 73.6 Å². The molecule has 16 rings (SSSR count). The molecule has 0 bridgehead atoms. The van der Waals surface area contributed by atoms with Gasteiger partial charge in [0.1, 0.15) is 53.7 Å². The monoisotopic (exact) mass is 1650 g/mol. The second kappa shape index (κ2) is 36.5. The minimum atomic E-state index is -2.71. The second-order valence-corrected chi connectivity index (χ2v) is 29.1. The quantitative estimate of drug-likeness (QED) is 0.0206. The van der Waals surface area contributed by atoms with Gasteiger partial charge in [-0.05, 0) is 79.3 Å². The summed E-state index contributed by atoms with van der Waals surface area (Å²) in [6.45, 7) is 13.9. The molecule has 6 N–H and O–H groups in total. The number of fused-ring (bicyclic) bond motifs is 7. The first-order valence-electron chi connectivity index (χ1n) is 38.4. The maximum absolute atomic E-state index is 14.8. The molecule has 0 unspecified atom stereocenters. The SMILES string of the molecule is C.CC(C)c1ccc(-c2cnc(NCc3c(F)ccc4c3CCO4)n3cnc(C(=O)O)c23)c(CNCC(F)F)n1.CC(C)c1ccc2c(n1)CN(CC(F)F)C(=O)c1ncn3c(NCc4c(F)ccc5c4CCO5)ncc-2c13.CCOC(=O)c1ncn2c(NCc3c(F)ccc4c3CCO4)ncc(-c3ccc(C(C)C)nc3CNCC(F)F)c12. The van der Waals surface area contributed by atoms with E-state index in [0.717, 1.165) is 38.7 Å². The highest BCUT2D eigenvalue weighted by Gasteiger charge is 2.33. The van der Waals surface area contributed by atoms with Crippen LogP contribution < -0.4 is 40.8 Å². The molecule has 0 aliphatic carbocycles. The molecule has 35 heteroatoms. The molecule has 3 aromatic carbocycles. The third kappa shape index (κ3) is 17.9. The Morgan fingerprint density at radius 1 is 0.487 bits per heavy atom. The Morgan fingerprint density at radius 3 is 1.29 bits per heavy atom. The van der Waals surface area contributed by atoms with Gasteiger partial charge in [0, 0.05) is 154 Å². The van der Waals surface area contributed by atoms with Crippen LogP contribution in [-0.2, 0) is 63.3 Å². The summed E-state index contributed by atoms with van der Waals surface area (Å²) >= 11 is 0. The zero-order valence-corrected chi connectivity index (χ0v) is 65.2. The highest BCUT2D eigenvalue weighted by atomic mass is 19.3. The Hall–Kier alpha value is -12.5. The second-order valence-electron chi connectivity index (χ2n) is 29.1. The lowest BCUT2D eigenvalue weighted by molar-refractivity contribution is 0.0520. The van der Waals surface area contributed by atoms with E-state index in [9.17, 15) is 59.0 Å². The smallest absolute Gasteiger partial charge is 0.359 e. The van der Waals surface area contributed by atoms with Crippen molar-refractivity contribution in [1.29, 1.82) is 0 Å². The maximum atomic E-state index is 14.8. The first kappa shape index (κ1) is 84.4. The average molecular weight is 1650 g/mol. The van der Waals surface area contributed by atoms with Crippen LogP contribution in [-0.4, -0.2) is 151 Å². The number of nitrogens with one attached hydrogen (secondary N) is 5. The summed E-state index contributed by atoms with van der Waals surface area (Å²) in [5, 5.41) is 24.8. The fourth-order valence-electron chi connectivity index (χ4n) is 14.7. The zero-order chi connectivity index (χ0) is 83.3. The molecule has 0 saturated heterocycles. The van der Waals surface area contributed by atoms with Gasteiger partial charge in [0.2, 0.25) is 17.8 Å². The van der Waals surface area contributed by atoms with Gasteiger partial charge in [0.05, 0.1) is 86.2 Å². The van der Waals surface area contributed by atoms with Crippen LogP contribution in [0.1, 0.15) is 173 Å².